The summed E-state index contributed by atoms with van der Waals surface area (Å²) >= 11 is 17.7. The van der Waals surface area contributed by atoms with E-state index in [0.717, 1.165) is 12.1 Å². The predicted molar refractivity (Wildman–Crippen MR) is 85.6 cm³/mol. The van der Waals surface area contributed by atoms with Gasteiger partial charge in [-0.3, -0.25) is 10.1 Å². The lowest BCUT2D eigenvalue weighted by Gasteiger charge is -2.11. The molecule has 0 aliphatic heterocycles. The molecule has 1 heterocycles. The Balaban J connectivity index is 2.26. The highest BCUT2D eigenvalue weighted by atomic mass is 35.5. The lowest BCUT2D eigenvalue weighted by molar-refractivity contribution is -0.137. The zero-order valence-electron chi connectivity index (χ0n) is 11.8. The van der Waals surface area contributed by atoms with Gasteiger partial charge in [-0.05, 0) is 19.1 Å². The zero-order chi connectivity index (χ0) is 17.4. The van der Waals surface area contributed by atoms with Gasteiger partial charge in [0.25, 0.3) is 0 Å². The molecule has 0 saturated carbocycles. The minimum Gasteiger partial charge on any atom is -0.275 e. The van der Waals surface area contributed by atoms with E-state index in [9.17, 15) is 13.2 Å². The van der Waals surface area contributed by atoms with Crippen LogP contribution in [0.3, 0.4) is 0 Å². The van der Waals surface area contributed by atoms with Crippen LogP contribution in [0.1, 0.15) is 16.8 Å². The number of hydrazone groups is 1. The van der Waals surface area contributed by atoms with E-state index in [4.69, 9.17) is 34.8 Å². The molecule has 0 amide bonds. The Bertz CT molecular complexity index is 746. The number of alkyl halides is 3. The van der Waals surface area contributed by atoms with Gasteiger partial charge in [0.2, 0.25) is 0 Å². The molecule has 10 heteroatoms. The highest BCUT2D eigenvalue weighted by Gasteiger charge is 2.32. The van der Waals surface area contributed by atoms with Crippen molar-refractivity contribution in [3.63, 3.8) is 0 Å². The minimum atomic E-state index is -4.53. The number of rotatable bonds is 3. The molecule has 0 saturated heterocycles. The number of nitrogens with zero attached hydrogens (tertiary/aromatic N) is 3. The number of hydrogen-bond donors (Lipinski definition) is 1. The molecule has 2 rings (SSSR count). The van der Waals surface area contributed by atoms with Crippen LogP contribution in [-0.2, 0) is 13.2 Å². The summed E-state index contributed by atoms with van der Waals surface area (Å²) in [6.07, 6.45) is -3.15. The van der Waals surface area contributed by atoms with Gasteiger partial charge < -0.3 is 0 Å². The van der Waals surface area contributed by atoms with Crippen molar-refractivity contribution in [1.29, 1.82) is 0 Å². The van der Waals surface area contributed by atoms with Crippen molar-refractivity contribution in [3.8, 4) is 0 Å². The van der Waals surface area contributed by atoms with Crippen molar-refractivity contribution in [2.45, 2.75) is 13.1 Å². The Hall–Kier alpha value is -1.44. The standard InChI is InChI=1S/C13H10Cl3F3N4/c1-6-8(12(16)23(2)22-6)5-20-21-11-9(14)3-7(4-10(11)15)13(17,18)19/h3-5,21H,1-2H3/b20-5+. The molecule has 0 aliphatic carbocycles. The summed E-state index contributed by atoms with van der Waals surface area (Å²) in [7, 11) is 1.67. The van der Waals surface area contributed by atoms with Crippen LogP contribution < -0.4 is 5.43 Å². The number of aromatic nitrogens is 2. The molecule has 1 aromatic carbocycles. The third-order valence-corrected chi connectivity index (χ3v) is 3.98. The number of hydrogen-bond acceptors (Lipinski definition) is 3. The van der Waals surface area contributed by atoms with Crippen LogP contribution >= 0.6 is 34.8 Å². The van der Waals surface area contributed by atoms with Crippen molar-refractivity contribution in [2.24, 2.45) is 12.1 Å². The number of halogens is 6. The average molecular weight is 386 g/mol. The first-order valence-electron chi connectivity index (χ1n) is 6.15. The van der Waals surface area contributed by atoms with Crippen LogP contribution in [0, 0.1) is 6.92 Å². The Morgan fingerprint density at radius 3 is 2.22 bits per heavy atom. The Labute approximate surface area is 144 Å². The Morgan fingerprint density at radius 2 is 1.78 bits per heavy atom. The van der Waals surface area contributed by atoms with Gasteiger partial charge in [0.15, 0.2) is 0 Å². The predicted octanol–water partition coefficient (Wildman–Crippen LogP) is 5.15. The van der Waals surface area contributed by atoms with Crippen molar-refractivity contribution in [2.75, 3.05) is 5.43 Å². The van der Waals surface area contributed by atoms with E-state index in [1.807, 2.05) is 0 Å². The largest absolute Gasteiger partial charge is 0.416 e. The van der Waals surface area contributed by atoms with Crippen LogP contribution in [0.4, 0.5) is 18.9 Å². The van der Waals surface area contributed by atoms with Crippen LogP contribution in [-0.4, -0.2) is 16.0 Å². The van der Waals surface area contributed by atoms with Gasteiger partial charge in [-0.15, -0.1) is 0 Å². The molecule has 0 atom stereocenters. The molecule has 1 aromatic heterocycles. The molecule has 0 fully saturated rings. The Morgan fingerprint density at radius 1 is 1.22 bits per heavy atom. The molecule has 1 N–H and O–H groups in total. The second kappa shape index (κ2) is 6.59. The average Bonchev–Trinajstić information content (AvgIpc) is 2.66. The number of aryl methyl sites for hydroxylation is 2. The first-order chi connectivity index (χ1) is 10.6. The second-order valence-electron chi connectivity index (χ2n) is 4.60. The fourth-order valence-corrected chi connectivity index (χ4v) is 2.59. The topological polar surface area (TPSA) is 42.2 Å². The maximum Gasteiger partial charge on any atom is 0.416 e. The number of nitrogens with one attached hydrogen (secondary N) is 1. The van der Waals surface area contributed by atoms with Crippen molar-refractivity contribution >= 4 is 46.7 Å². The molecule has 2 aromatic rings. The normalized spacial score (nSPS) is 12.2. The lowest BCUT2D eigenvalue weighted by atomic mass is 10.2. The summed E-state index contributed by atoms with van der Waals surface area (Å²) < 4.78 is 39.4. The van der Waals surface area contributed by atoms with E-state index in [1.54, 1.807) is 14.0 Å². The van der Waals surface area contributed by atoms with Gasteiger partial charge in [0, 0.05) is 7.05 Å². The van der Waals surface area contributed by atoms with Crippen LogP contribution in [0.25, 0.3) is 0 Å². The summed E-state index contributed by atoms with van der Waals surface area (Å²) in [5.41, 5.74) is 2.86. The van der Waals surface area contributed by atoms with E-state index in [-0.39, 0.29) is 15.7 Å². The molecule has 0 bridgehead atoms. The van der Waals surface area contributed by atoms with Crippen molar-refractivity contribution in [1.82, 2.24) is 9.78 Å². The molecule has 0 spiro atoms. The molecule has 0 aliphatic rings. The molecule has 23 heavy (non-hydrogen) atoms. The van der Waals surface area contributed by atoms with Crippen LogP contribution in [0.15, 0.2) is 17.2 Å². The monoisotopic (exact) mass is 384 g/mol. The van der Waals surface area contributed by atoms with E-state index < -0.39 is 11.7 Å². The molecular weight excluding hydrogens is 376 g/mol. The van der Waals surface area contributed by atoms with Crippen LogP contribution in [0.5, 0.6) is 0 Å². The molecule has 4 nitrogen and oxygen atoms in total. The van der Waals surface area contributed by atoms with Crippen LogP contribution in [0.2, 0.25) is 15.2 Å². The van der Waals surface area contributed by atoms with Crippen molar-refractivity contribution < 1.29 is 13.2 Å². The fourth-order valence-electron chi connectivity index (χ4n) is 1.80. The number of anilines is 1. The van der Waals surface area contributed by atoms with Gasteiger partial charge in [-0.1, -0.05) is 34.8 Å². The third-order valence-electron chi connectivity index (χ3n) is 2.94. The van der Waals surface area contributed by atoms with Crippen molar-refractivity contribution in [3.05, 3.63) is 44.2 Å². The second-order valence-corrected chi connectivity index (χ2v) is 5.77. The maximum atomic E-state index is 12.7. The quantitative estimate of drug-likeness (QED) is 0.586. The zero-order valence-corrected chi connectivity index (χ0v) is 14.1. The van der Waals surface area contributed by atoms with E-state index in [1.165, 1.54) is 10.9 Å². The summed E-state index contributed by atoms with van der Waals surface area (Å²) in [6, 6.07) is 1.54. The first kappa shape index (κ1) is 17.9. The maximum absolute atomic E-state index is 12.7. The molecule has 124 valence electrons. The molecule has 0 unspecified atom stereocenters. The van der Waals surface area contributed by atoms with Gasteiger partial charge in [0.1, 0.15) is 5.15 Å². The van der Waals surface area contributed by atoms with Gasteiger partial charge in [0.05, 0.1) is 38.8 Å². The van der Waals surface area contributed by atoms with E-state index in [2.05, 4.69) is 15.6 Å². The minimum absolute atomic E-state index is 0.0650. The third kappa shape index (κ3) is 3.91. The number of benzene rings is 1. The summed E-state index contributed by atoms with van der Waals surface area (Å²) in [5.74, 6) is 0. The summed E-state index contributed by atoms with van der Waals surface area (Å²) in [5, 5.41) is 7.97. The van der Waals surface area contributed by atoms with E-state index >= 15 is 0 Å². The van der Waals surface area contributed by atoms with Gasteiger partial charge >= 0.3 is 6.18 Å². The highest BCUT2D eigenvalue weighted by Crippen LogP contribution is 2.38. The smallest absolute Gasteiger partial charge is 0.275 e. The lowest BCUT2D eigenvalue weighted by Crippen LogP contribution is -2.05. The molecular formula is C13H10Cl3F3N4. The summed E-state index contributed by atoms with van der Waals surface area (Å²) in [6.45, 7) is 1.74. The molecule has 0 radical (unpaired) electrons. The Kier molecular flexibility index (Phi) is 5.13. The first-order valence-corrected chi connectivity index (χ1v) is 7.29. The van der Waals surface area contributed by atoms with Gasteiger partial charge in [-0.2, -0.15) is 23.4 Å². The SMILES string of the molecule is Cc1nn(C)c(Cl)c1/C=N/Nc1c(Cl)cc(C(F)(F)F)cc1Cl. The van der Waals surface area contributed by atoms with Gasteiger partial charge in [-0.25, -0.2) is 0 Å². The summed E-state index contributed by atoms with van der Waals surface area (Å²) in [4.78, 5) is 0. The highest BCUT2D eigenvalue weighted by molar-refractivity contribution is 6.39. The van der Waals surface area contributed by atoms with E-state index in [0.29, 0.717) is 16.4 Å². The fraction of sp³-hybridized carbons (Fsp3) is 0.231.